The molecule has 2 aromatic carbocycles. The molecule has 220 valence electrons. The molecule has 0 radical (unpaired) electrons. The topological polar surface area (TPSA) is 18.5 Å². The molecule has 2 aromatic rings. The Hall–Kier alpha value is -0.770. The van der Waals surface area contributed by atoms with Crippen LogP contribution in [0, 0.1) is 27.7 Å². The highest BCUT2D eigenvalue weighted by Crippen LogP contribution is 2.43. The van der Waals surface area contributed by atoms with Crippen LogP contribution >= 0.6 is 45.1 Å². The summed E-state index contributed by atoms with van der Waals surface area (Å²) in [6.07, 6.45) is 10.1. The minimum Gasteiger partial charge on any atom is -0.493 e. The summed E-state index contributed by atoms with van der Waals surface area (Å²) in [5.74, 6) is 3.21. The Morgan fingerprint density at radius 1 is 0.590 bits per heavy atom. The number of aryl methyl sites for hydroxylation is 4. The maximum absolute atomic E-state index is 12.2. The summed E-state index contributed by atoms with van der Waals surface area (Å²) in [6.45, 7) is 9.75. The molecule has 39 heavy (non-hydrogen) atoms. The Bertz CT molecular complexity index is 999. The lowest BCUT2D eigenvalue weighted by Crippen LogP contribution is -2.02. The van der Waals surface area contributed by atoms with Crippen LogP contribution in [-0.4, -0.2) is 36.5 Å². The molecule has 9 heteroatoms. The first-order chi connectivity index (χ1) is 18.6. The number of halogens is 3. The minimum atomic E-state index is -4.12. The lowest BCUT2D eigenvalue weighted by atomic mass is 10.1. The van der Waals surface area contributed by atoms with E-state index in [2.05, 4.69) is 58.2 Å². The van der Waals surface area contributed by atoms with Crippen molar-refractivity contribution in [3.8, 4) is 11.5 Å². The van der Waals surface area contributed by atoms with Gasteiger partial charge in [0, 0.05) is 15.5 Å². The Morgan fingerprint density at radius 2 is 1.03 bits per heavy atom. The van der Waals surface area contributed by atoms with Gasteiger partial charge in [0.2, 0.25) is 0 Å². The van der Waals surface area contributed by atoms with Crippen molar-refractivity contribution in [2.24, 2.45) is 0 Å². The maximum Gasteiger partial charge on any atom is 0.441 e. The fraction of sp³-hybridized carbons (Fsp3) is 0.600. The van der Waals surface area contributed by atoms with Gasteiger partial charge in [-0.15, -0.1) is 0 Å². The molecule has 0 saturated heterocycles. The van der Waals surface area contributed by atoms with Crippen molar-refractivity contribution in [2.75, 3.05) is 31.0 Å². The van der Waals surface area contributed by atoms with Gasteiger partial charge < -0.3 is 9.47 Å². The highest BCUT2D eigenvalue weighted by atomic mass is 33.1. The van der Waals surface area contributed by atoms with Gasteiger partial charge in [0.25, 0.3) is 0 Å². The van der Waals surface area contributed by atoms with Crippen LogP contribution in [0.15, 0.2) is 34.1 Å². The van der Waals surface area contributed by atoms with Gasteiger partial charge in [0.1, 0.15) is 11.5 Å². The Morgan fingerprint density at radius 3 is 1.46 bits per heavy atom. The average molecular weight is 621 g/mol. The molecule has 0 aliphatic rings. The van der Waals surface area contributed by atoms with Crippen molar-refractivity contribution in [2.45, 2.75) is 94.4 Å². The zero-order valence-electron chi connectivity index (χ0n) is 23.9. The molecule has 0 saturated carbocycles. The standard InChI is InChI=1S/C30H43F3O2S4/c1-22-18-24(3)28(20-26(22)34-14-10-6-8-12-16-36-5)38-39-29-21-27(23(2)19-25(29)4)35-15-11-7-9-13-17-37-30(31,32)33/h18-21H,6-17H2,1-5H3. The van der Waals surface area contributed by atoms with E-state index in [4.69, 9.17) is 9.47 Å². The molecule has 0 fully saturated rings. The van der Waals surface area contributed by atoms with Gasteiger partial charge in [-0.25, -0.2) is 0 Å². The van der Waals surface area contributed by atoms with E-state index in [1.807, 2.05) is 11.8 Å². The molecule has 0 bridgehead atoms. The number of thioether (sulfide) groups is 2. The molecule has 0 aliphatic carbocycles. The van der Waals surface area contributed by atoms with Gasteiger partial charge in [-0.2, -0.15) is 24.9 Å². The van der Waals surface area contributed by atoms with E-state index in [1.54, 1.807) is 21.6 Å². The second-order valence-corrected chi connectivity index (χ2v) is 14.1. The van der Waals surface area contributed by atoms with Crippen LogP contribution in [0.1, 0.15) is 73.6 Å². The van der Waals surface area contributed by atoms with Crippen molar-refractivity contribution < 1.29 is 22.6 Å². The Kier molecular flexibility index (Phi) is 16.4. The van der Waals surface area contributed by atoms with Crippen LogP contribution in [-0.2, 0) is 0 Å². The molecule has 0 unspecified atom stereocenters. The van der Waals surface area contributed by atoms with Crippen LogP contribution < -0.4 is 9.47 Å². The van der Waals surface area contributed by atoms with E-state index in [1.165, 1.54) is 46.6 Å². The predicted molar refractivity (Wildman–Crippen MR) is 168 cm³/mol. The first-order valence-electron chi connectivity index (χ1n) is 13.6. The van der Waals surface area contributed by atoms with E-state index in [9.17, 15) is 13.2 Å². The molecule has 0 amide bonds. The lowest BCUT2D eigenvalue weighted by molar-refractivity contribution is -0.0328. The van der Waals surface area contributed by atoms with Crippen LogP contribution in [0.2, 0.25) is 0 Å². The molecule has 2 nitrogen and oxygen atoms in total. The zero-order valence-corrected chi connectivity index (χ0v) is 27.1. The number of hydrogen-bond acceptors (Lipinski definition) is 6. The number of benzene rings is 2. The largest absolute Gasteiger partial charge is 0.493 e. The van der Waals surface area contributed by atoms with Crippen molar-refractivity contribution in [3.63, 3.8) is 0 Å². The Labute approximate surface area is 250 Å². The molecular weight excluding hydrogens is 578 g/mol. The summed E-state index contributed by atoms with van der Waals surface area (Å²) in [4.78, 5) is 2.36. The summed E-state index contributed by atoms with van der Waals surface area (Å²) < 4.78 is 48.8. The smallest absolute Gasteiger partial charge is 0.441 e. The normalized spacial score (nSPS) is 11.7. The third-order valence-corrected chi connectivity index (χ3v) is 10.4. The zero-order chi connectivity index (χ0) is 28.7. The molecule has 2 rings (SSSR count). The molecule has 0 aromatic heterocycles. The fourth-order valence-corrected chi connectivity index (χ4v) is 7.58. The first kappa shape index (κ1) is 34.4. The summed E-state index contributed by atoms with van der Waals surface area (Å²) >= 11 is 1.98. The van der Waals surface area contributed by atoms with Crippen molar-refractivity contribution in [3.05, 3.63) is 46.5 Å². The fourth-order valence-electron chi connectivity index (χ4n) is 4.02. The SMILES string of the molecule is CSCCCCCCOc1cc(SSc2cc(OCCCCCCSC(F)(F)F)c(C)cc2C)c(C)cc1C. The highest BCUT2D eigenvalue weighted by molar-refractivity contribution is 8.76. The molecular formula is C30H43F3O2S4. The monoisotopic (exact) mass is 620 g/mol. The lowest BCUT2D eigenvalue weighted by Gasteiger charge is -2.15. The molecule has 0 aliphatic heterocycles. The number of rotatable bonds is 19. The number of ether oxygens (including phenoxy) is 2. The van der Waals surface area contributed by atoms with E-state index in [-0.39, 0.29) is 17.5 Å². The van der Waals surface area contributed by atoms with Crippen molar-refractivity contribution in [1.82, 2.24) is 0 Å². The highest BCUT2D eigenvalue weighted by Gasteiger charge is 2.27. The summed E-state index contributed by atoms with van der Waals surface area (Å²) in [5, 5.41) is 0. The minimum absolute atomic E-state index is 0.0681. The van der Waals surface area contributed by atoms with E-state index < -0.39 is 5.51 Å². The van der Waals surface area contributed by atoms with Gasteiger partial charge in [-0.3, -0.25) is 0 Å². The second kappa shape index (κ2) is 18.6. The van der Waals surface area contributed by atoms with E-state index in [0.717, 1.165) is 54.2 Å². The number of hydrogen-bond donors (Lipinski definition) is 0. The Balaban J connectivity index is 1.84. The average Bonchev–Trinajstić information content (AvgIpc) is 2.86. The molecule has 0 spiro atoms. The van der Waals surface area contributed by atoms with Gasteiger partial charge in [-0.1, -0.05) is 71.2 Å². The van der Waals surface area contributed by atoms with Crippen molar-refractivity contribution >= 4 is 45.1 Å². The third-order valence-electron chi connectivity index (χ3n) is 6.23. The van der Waals surface area contributed by atoms with Crippen LogP contribution in [0.5, 0.6) is 11.5 Å². The molecule has 0 atom stereocenters. The quantitative estimate of drug-likeness (QED) is 0.114. The summed E-state index contributed by atoms with van der Waals surface area (Å²) in [6, 6.07) is 8.64. The predicted octanol–water partition coefficient (Wildman–Crippen LogP) is 11.2. The van der Waals surface area contributed by atoms with Gasteiger partial charge >= 0.3 is 5.51 Å². The maximum atomic E-state index is 12.2. The van der Waals surface area contributed by atoms with Gasteiger partial charge in [0.05, 0.1) is 13.2 Å². The van der Waals surface area contributed by atoms with Crippen LogP contribution in [0.4, 0.5) is 13.2 Å². The second-order valence-electron chi connectivity index (χ2n) is 9.75. The summed E-state index contributed by atoms with van der Waals surface area (Å²) in [7, 11) is 3.47. The van der Waals surface area contributed by atoms with E-state index in [0.29, 0.717) is 13.0 Å². The van der Waals surface area contributed by atoms with Crippen LogP contribution in [0.3, 0.4) is 0 Å². The van der Waals surface area contributed by atoms with Crippen LogP contribution in [0.25, 0.3) is 0 Å². The number of alkyl halides is 3. The van der Waals surface area contributed by atoms with Crippen molar-refractivity contribution in [1.29, 1.82) is 0 Å². The molecule has 0 heterocycles. The first-order valence-corrected chi connectivity index (χ1v) is 18.2. The van der Waals surface area contributed by atoms with E-state index >= 15 is 0 Å². The molecule has 0 N–H and O–H groups in total. The van der Waals surface area contributed by atoms with Gasteiger partial charge in [-0.05, 0) is 99.8 Å². The third kappa shape index (κ3) is 14.1. The van der Waals surface area contributed by atoms with Gasteiger partial charge in [0.15, 0.2) is 0 Å². The number of unbranched alkanes of at least 4 members (excludes halogenated alkanes) is 6. The summed E-state index contributed by atoms with van der Waals surface area (Å²) in [5.41, 5.74) is 0.595.